The van der Waals surface area contributed by atoms with E-state index in [0.29, 0.717) is 5.56 Å². The number of aliphatic hydroxyl groups is 2. The van der Waals surface area contributed by atoms with Gasteiger partial charge >= 0.3 is 5.97 Å². The van der Waals surface area contributed by atoms with E-state index >= 15 is 0 Å². The number of rotatable bonds is 4. The first kappa shape index (κ1) is 20.9. The Morgan fingerprint density at radius 2 is 1.74 bits per heavy atom. The number of methoxy groups -OCH3 is 2. The van der Waals surface area contributed by atoms with E-state index in [4.69, 9.17) is 9.47 Å². The molecule has 0 bridgehead atoms. The predicted molar refractivity (Wildman–Crippen MR) is 94.7 cm³/mol. The summed E-state index contributed by atoms with van der Waals surface area (Å²) in [5.74, 6) is -1.60. The van der Waals surface area contributed by atoms with Crippen LogP contribution in [0.3, 0.4) is 0 Å². The van der Waals surface area contributed by atoms with Gasteiger partial charge in [0.1, 0.15) is 40.6 Å². The average Bonchev–Trinajstić information content (AvgIpc) is 2.65. The molecule has 0 aliphatic heterocycles. The normalized spacial score (nSPS) is 25.6. The fraction of sp³-hybridized carbons (Fsp3) is 0.474. The highest BCUT2D eigenvalue weighted by atomic mass is 16.5. The van der Waals surface area contributed by atoms with Crippen molar-refractivity contribution in [1.82, 2.24) is 0 Å². The number of carbonyl (C=O) groups excluding carboxylic acids is 2. The van der Waals surface area contributed by atoms with Crippen LogP contribution in [-0.4, -0.2) is 59.1 Å². The molecule has 1 aliphatic rings. The highest BCUT2D eigenvalue weighted by molar-refractivity contribution is 6.01. The second kappa shape index (κ2) is 7.30. The number of ether oxygens (including phenoxy) is 3. The summed E-state index contributed by atoms with van der Waals surface area (Å²) in [5.41, 5.74) is -0.928. The molecule has 0 amide bonds. The first-order chi connectivity index (χ1) is 12.5. The molecule has 0 spiro atoms. The molecular formula is C19H24O8. The molecule has 148 valence electrons. The molecule has 0 heterocycles. The first-order valence-electron chi connectivity index (χ1n) is 8.26. The molecule has 27 heavy (non-hydrogen) atoms. The number of aromatic hydroxyl groups is 1. The highest BCUT2D eigenvalue weighted by Crippen LogP contribution is 2.39. The maximum atomic E-state index is 12.4. The number of hydrogen-bond acceptors (Lipinski definition) is 8. The molecule has 0 aromatic heterocycles. The zero-order chi connectivity index (χ0) is 20.7. The van der Waals surface area contributed by atoms with Crippen LogP contribution in [0, 0.1) is 13.8 Å². The lowest BCUT2D eigenvalue weighted by Gasteiger charge is -2.41. The summed E-state index contributed by atoms with van der Waals surface area (Å²) in [7, 11) is 2.47. The maximum Gasteiger partial charge on any atom is 0.341 e. The molecule has 1 aromatic carbocycles. The minimum atomic E-state index is -1.59. The lowest BCUT2D eigenvalue weighted by molar-refractivity contribution is -0.170. The lowest BCUT2D eigenvalue weighted by Crippen LogP contribution is -2.59. The summed E-state index contributed by atoms with van der Waals surface area (Å²) >= 11 is 0. The van der Waals surface area contributed by atoms with Crippen molar-refractivity contribution >= 4 is 11.8 Å². The number of aryl methyl sites for hydroxylation is 1. The first-order valence-corrected chi connectivity index (χ1v) is 8.26. The van der Waals surface area contributed by atoms with E-state index in [1.165, 1.54) is 41.1 Å². The Balaban J connectivity index is 2.56. The van der Waals surface area contributed by atoms with E-state index in [9.17, 15) is 24.9 Å². The molecular weight excluding hydrogens is 356 g/mol. The number of carbonyl (C=O) groups is 2. The van der Waals surface area contributed by atoms with E-state index in [2.05, 4.69) is 4.74 Å². The van der Waals surface area contributed by atoms with E-state index in [1.807, 2.05) is 0 Å². The molecule has 0 saturated heterocycles. The number of hydrogen-bond donors (Lipinski definition) is 3. The number of benzene rings is 1. The van der Waals surface area contributed by atoms with E-state index < -0.39 is 29.6 Å². The Kier molecular flexibility index (Phi) is 5.65. The van der Waals surface area contributed by atoms with Gasteiger partial charge in [-0.15, -0.1) is 0 Å². The molecule has 0 radical (unpaired) electrons. The van der Waals surface area contributed by atoms with Crippen molar-refractivity contribution in [2.75, 3.05) is 14.2 Å². The van der Waals surface area contributed by atoms with Crippen molar-refractivity contribution < 1.29 is 39.1 Å². The molecule has 1 aliphatic carbocycles. The van der Waals surface area contributed by atoms with Crippen molar-refractivity contribution in [2.24, 2.45) is 0 Å². The number of Topliss-reactive ketones (excluding diaryl/α,β-unsaturated/α-hetero) is 1. The molecule has 8 heteroatoms. The van der Waals surface area contributed by atoms with E-state index in [-0.39, 0.29) is 34.0 Å². The third-order valence-electron chi connectivity index (χ3n) is 5.07. The van der Waals surface area contributed by atoms with Gasteiger partial charge < -0.3 is 29.5 Å². The molecule has 0 fully saturated rings. The number of aliphatic hydroxyl groups excluding tert-OH is 2. The monoisotopic (exact) mass is 380 g/mol. The van der Waals surface area contributed by atoms with Crippen molar-refractivity contribution in [2.45, 2.75) is 45.5 Å². The third kappa shape index (κ3) is 3.20. The fourth-order valence-corrected chi connectivity index (χ4v) is 3.01. The van der Waals surface area contributed by atoms with Gasteiger partial charge in [-0.2, -0.15) is 0 Å². The largest absolute Gasteiger partial charge is 0.507 e. The van der Waals surface area contributed by atoms with Gasteiger partial charge in [-0.3, -0.25) is 4.79 Å². The standard InChI is InChI=1S/C19H24O8/c1-8-7-11(9(2)13(20)12(8)18(24)25-5)27-15-10(3)14(21)16(22)19(4,26-6)17(15)23/h7,16-17,20,22-23H,1-6H3/t16-,17-,19-/m0/s1. The van der Waals surface area contributed by atoms with Gasteiger partial charge in [0.05, 0.1) is 7.11 Å². The van der Waals surface area contributed by atoms with Gasteiger partial charge in [0.15, 0.2) is 5.78 Å². The van der Waals surface area contributed by atoms with Crippen molar-refractivity contribution in [3.8, 4) is 11.5 Å². The van der Waals surface area contributed by atoms with Crippen molar-refractivity contribution in [3.05, 3.63) is 34.1 Å². The average molecular weight is 380 g/mol. The smallest absolute Gasteiger partial charge is 0.341 e. The molecule has 8 nitrogen and oxygen atoms in total. The van der Waals surface area contributed by atoms with Crippen LogP contribution in [0.15, 0.2) is 17.4 Å². The number of phenols is 1. The predicted octanol–water partition coefficient (Wildman–Crippen LogP) is 1.16. The summed E-state index contributed by atoms with van der Waals surface area (Å²) in [5, 5.41) is 31.2. The molecule has 3 atom stereocenters. The second-order valence-corrected chi connectivity index (χ2v) is 6.68. The van der Waals surface area contributed by atoms with Gasteiger partial charge in [0.2, 0.25) is 0 Å². The fourth-order valence-electron chi connectivity index (χ4n) is 3.01. The van der Waals surface area contributed by atoms with Crippen molar-refractivity contribution in [1.29, 1.82) is 0 Å². The van der Waals surface area contributed by atoms with Gasteiger partial charge in [0, 0.05) is 18.2 Å². The molecule has 0 saturated carbocycles. The van der Waals surface area contributed by atoms with Gasteiger partial charge in [-0.25, -0.2) is 4.79 Å². The van der Waals surface area contributed by atoms with E-state index in [0.717, 1.165) is 0 Å². The third-order valence-corrected chi connectivity index (χ3v) is 5.07. The van der Waals surface area contributed by atoms with Crippen LogP contribution in [0.25, 0.3) is 0 Å². The van der Waals surface area contributed by atoms with Gasteiger partial charge in [0.25, 0.3) is 0 Å². The SMILES string of the molecule is COC(=O)c1c(C)cc(OC2=C(C)C(=O)[C@H](O)[C@](C)(OC)[C@H]2O)c(C)c1O. The zero-order valence-electron chi connectivity index (χ0n) is 16.1. The summed E-state index contributed by atoms with van der Waals surface area (Å²) in [4.78, 5) is 24.2. The van der Waals surface area contributed by atoms with Crippen LogP contribution in [0.2, 0.25) is 0 Å². The Labute approximate surface area is 157 Å². The molecule has 2 rings (SSSR count). The lowest BCUT2D eigenvalue weighted by atomic mass is 9.80. The minimum Gasteiger partial charge on any atom is -0.507 e. The van der Waals surface area contributed by atoms with Crippen LogP contribution < -0.4 is 4.74 Å². The van der Waals surface area contributed by atoms with Crippen LogP contribution in [-0.2, 0) is 14.3 Å². The molecule has 0 unspecified atom stereocenters. The molecule has 1 aromatic rings. The second-order valence-electron chi connectivity index (χ2n) is 6.68. The van der Waals surface area contributed by atoms with Crippen LogP contribution in [0.4, 0.5) is 0 Å². The van der Waals surface area contributed by atoms with Crippen LogP contribution in [0.5, 0.6) is 11.5 Å². The van der Waals surface area contributed by atoms with Crippen LogP contribution >= 0.6 is 0 Å². The summed E-state index contributed by atoms with van der Waals surface area (Å²) in [6.07, 6.45) is -2.99. The minimum absolute atomic E-state index is 0.00507. The summed E-state index contributed by atoms with van der Waals surface area (Å²) < 4.78 is 15.6. The van der Waals surface area contributed by atoms with Crippen molar-refractivity contribution in [3.63, 3.8) is 0 Å². The van der Waals surface area contributed by atoms with E-state index in [1.54, 1.807) is 6.92 Å². The Morgan fingerprint density at radius 3 is 2.26 bits per heavy atom. The quantitative estimate of drug-likeness (QED) is 0.665. The maximum absolute atomic E-state index is 12.4. The number of phenolic OH excluding ortho intramolecular Hbond substituents is 1. The van der Waals surface area contributed by atoms with Gasteiger partial charge in [-0.05, 0) is 39.3 Å². The summed E-state index contributed by atoms with van der Waals surface area (Å²) in [6, 6.07) is 1.49. The Bertz CT molecular complexity index is 825. The zero-order valence-corrected chi connectivity index (χ0v) is 16.1. The van der Waals surface area contributed by atoms with Crippen LogP contribution in [0.1, 0.15) is 35.3 Å². The number of ketones is 1. The summed E-state index contributed by atoms with van der Waals surface area (Å²) in [6.45, 7) is 5.93. The topological polar surface area (TPSA) is 123 Å². The number of esters is 1. The Hall–Kier alpha value is -2.42. The Morgan fingerprint density at radius 1 is 1.15 bits per heavy atom. The highest BCUT2D eigenvalue weighted by Gasteiger charge is 2.52. The molecule has 3 N–H and O–H groups in total. The van der Waals surface area contributed by atoms with Gasteiger partial charge in [-0.1, -0.05) is 0 Å².